The number of carbonyl (C=O) groups is 2. The van der Waals surface area contributed by atoms with Gasteiger partial charge in [0.2, 0.25) is 11.8 Å². The maximum absolute atomic E-state index is 13.0. The van der Waals surface area contributed by atoms with Gasteiger partial charge in [-0.15, -0.1) is 0 Å². The van der Waals surface area contributed by atoms with E-state index in [1.807, 2.05) is 0 Å². The van der Waals surface area contributed by atoms with E-state index in [9.17, 15) is 19.7 Å². The number of amides is 2. The van der Waals surface area contributed by atoms with E-state index in [1.165, 1.54) is 29.5 Å². The van der Waals surface area contributed by atoms with Crippen LogP contribution >= 0.6 is 11.6 Å². The van der Waals surface area contributed by atoms with Gasteiger partial charge in [0.15, 0.2) is 0 Å². The summed E-state index contributed by atoms with van der Waals surface area (Å²) in [7, 11) is 0. The summed E-state index contributed by atoms with van der Waals surface area (Å²) in [5.41, 5.74) is 0.126. The van der Waals surface area contributed by atoms with Crippen molar-refractivity contribution in [2.75, 3.05) is 4.90 Å². The Morgan fingerprint density at radius 1 is 1.04 bits per heavy atom. The quantitative estimate of drug-likeness (QED) is 0.468. The van der Waals surface area contributed by atoms with Crippen molar-refractivity contribution in [3.05, 3.63) is 33.3 Å². The van der Waals surface area contributed by atoms with Crippen LogP contribution in [-0.2, 0) is 9.59 Å². The Balaban J connectivity index is 1.55. The topological polar surface area (TPSA) is 80.5 Å². The molecule has 1 heterocycles. The molecule has 0 aromatic heterocycles. The largest absolute Gasteiger partial charge is 0.274 e. The molecule has 6 nitrogen and oxygen atoms in total. The van der Waals surface area contributed by atoms with Crippen LogP contribution in [0.2, 0.25) is 5.02 Å². The molecule has 7 heteroatoms. The molecule has 1 aromatic rings. The van der Waals surface area contributed by atoms with Crippen LogP contribution in [0, 0.1) is 45.6 Å². The second-order valence-corrected chi connectivity index (χ2v) is 7.83. The second-order valence-electron chi connectivity index (χ2n) is 7.42. The monoisotopic (exact) mass is 346 g/mol. The molecule has 24 heavy (non-hydrogen) atoms. The van der Waals surface area contributed by atoms with E-state index in [1.54, 1.807) is 0 Å². The Morgan fingerprint density at radius 3 is 2.12 bits per heavy atom. The first-order valence-corrected chi connectivity index (χ1v) is 8.68. The van der Waals surface area contributed by atoms with E-state index >= 15 is 0 Å². The predicted octanol–water partition coefficient (Wildman–Crippen LogP) is 3.03. The maximum Gasteiger partial charge on any atom is 0.271 e. The van der Waals surface area contributed by atoms with Gasteiger partial charge < -0.3 is 0 Å². The lowest BCUT2D eigenvalue weighted by Gasteiger charge is -2.42. The SMILES string of the molecule is O=C1[C@@H]2[C@@H]3CC[C@@H]([C@@H]4C[C@@H]43)[C@@H]2C(=O)N1c1ccc([N+](=O)[O-])cc1Cl. The molecule has 4 saturated carbocycles. The molecular formula is C17H15ClN2O4. The molecule has 1 aromatic carbocycles. The Labute approximate surface area is 142 Å². The molecule has 0 N–H and O–H groups in total. The lowest BCUT2D eigenvalue weighted by atomic mass is 9.59. The summed E-state index contributed by atoms with van der Waals surface area (Å²) in [5.74, 6) is 1.12. The molecule has 5 aliphatic rings. The molecule has 124 valence electrons. The van der Waals surface area contributed by atoms with Crippen LogP contribution < -0.4 is 4.90 Å². The van der Waals surface area contributed by atoms with Gasteiger partial charge in [0.25, 0.3) is 5.69 Å². The Hall–Kier alpha value is -1.95. The molecule has 0 spiro atoms. The van der Waals surface area contributed by atoms with Crippen LogP contribution in [0.25, 0.3) is 0 Å². The summed E-state index contributed by atoms with van der Waals surface area (Å²) in [6.45, 7) is 0. The zero-order valence-electron chi connectivity index (χ0n) is 12.7. The number of hydrogen-bond acceptors (Lipinski definition) is 4. The van der Waals surface area contributed by atoms with E-state index in [-0.39, 0.29) is 40.0 Å². The molecular weight excluding hydrogens is 332 g/mol. The van der Waals surface area contributed by atoms with Crippen molar-refractivity contribution in [2.45, 2.75) is 19.3 Å². The van der Waals surface area contributed by atoms with Crippen molar-refractivity contribution in [3.8, 4) is 0 Å². The van der Waals surface area contributed by atoms with Crippen molar-refractivity contribution in [2.24, 2.45) is 35.5 Å². The molecule has 6 atom stereocenters. The van der Waals surface area contributed by atoms with E-state index in [0.29, 0.717) is 23.7 Å². The molecule has 2 bridgehead atoms. The van der Waals surface area contributed by atoms with E-state index in [4.69, 9.17) is 11.6 Å². The van der Waals surface area contributed by atoms with Gasteiger partial charge in [-0.3, -0.25) is 19.7 Å². The molecule has 1 saturated heterocycles. The first-order valence-electron chi connectivity index (χ1n) is 8.31. The highest BCUT2D eigenvalue weighted by molar-refractivity contribution is 6.36. The van der Waals surface area contributed by atoms with Gasteiger partial charge in [-0.2, -0.15) is 0 Å². The van der Waals surface area contributed by atoms with Crippen LogP contribution in [-0.4, -0.2) is 16.7 Å². The summed E-state index contributed by atoms with van der Waals surface area (Å²) in [4.78, 5) is 37.5. The number of carbonyl (C=O) groups excluding carboxylic acids is 2. The Kier molecular flexibility index (Phi) is 2.74. The van der Waals surface area contributed by atoms with E-state index in [0.717, 1.165) is 12.8 Å². The number of rotatable bonds is 2. The summed E-state index contributed by atoms with van der Waals surface area (Å²) in [6.07, 6.45) is 3.24. The number of fused-ring (bicyclic) bond motifs is 1. The highest BCUT2D eigenvalue weighted by Crippen LogP contribution is 2.68. The number of nitro benzene ring substituents is 1. The molecule has 4 aliphatic carbocycles. The van der Waals surface area contributed by atoms with Crippen molar-refractivity contribution in [1.82, 2.24) is 0 Å². The second kappa shape index (κ2) is 4.57. The lowest BCUT2D eigenvalue weighted by Crippen LogP contribution is -2.43. The number of halogens is 1. The number of nitrogens with zero attached hydrogens (tertiary/aromatic N) is 2. The average molecular weight is 347 g/mol. The summed E-state index contributed by atoms with van der Waals surface area (Å²) in [6, 6.07) is 3.90. The third-order valence-electron chi connectivity index (χ3n) is 6.53. The minimum Gasteiger partial charge on any atom is -0.274 e. The number of hydrogen-bond donors (Lipinski definition) is 0. The summed E-state index contributed by atoms with van der Waals surface area (Å²) >= 11 is 6.16. The first kappa shape index (κ1) is 14.4. The smallest absolute Gasteiger partial charge is 0.271 e. The van der Waals surface area contributed by atoms with Gasteiger partial charge in [-0.25, -0.2) is 4.90 Å². The van der Waals surface area contributed by atoms with Gasteiger partial charge >= 0.3 is 0 Å². The normalized spacial score (nSPS) is 39.0. The number of imide groups is 1. The highest BCUT2D eigenvalue weighted by Gasteiger charge is 2.68. The molecule has 0 unspecified atom stereocenters. The van der Waals surface area contributed by atoms with E-state index in [2.05, 4.69) is 0 Å². The molecule has 6 rings (SSSR count). The van der Waals surface area contributed by atoms with Crippen molar-refractivity contribution < 1.29 is 14.5 Å². The molecule has 0 radical (unpaired) electrons. The fourth-order valence-corrected chi connectivity index (χ4v) is 5.83. The van der Waals surface area contributed by atoms with Crippen molar-refractivity contribution in [1.29, 1.82) is 0 Å². The van der Waals surface area contributed by atoms with Gasteiger partial charge in [-0.05, 0) is 49.0 Å². The molecule has 5 fully saturated rings. The van der Waals surface area contributed by atoms with Gasteiger partial charge in [0.05, 0.1) is 27.5 Å². The van der Waals surface area contributed by atoms with Gasteiger partial charge in [0.1, 0.15) is 0 Å². The lowest BCUT2D eigenvalue weighted by molar-refractivity contribution is -0.384. The number of benzene rings is 1. The van der Waals surface area contributed by atoms with Crippen LogP contribution in [0.5, 0.6) is 0 Å². The van der Waals surface area contributed by atoms with E-state index < -0.39 is 4.92 Å². The van der Waals surface area contributed by atoms with Gasteiger partial charge in [-0.1, -0.05) is 11.6 Å². The van der Waals surface area contributed by atoms with Crippen LogP contribution in [0.15, 0.2) is 18.2 Å². The average Bonchev–Trinajstić information content (AvgIpc) is 3.33. The summed E-state index contributed by atoms with van der Waals surface area (Å²) in [5, 5.41) is 10.9. The minimum atomic E-state index is -0.545. The van der Waals surface area contributed by atoms with Crippen LogP contribution in [0.4, 0.5) is 11.4 Å². The van der Waals surface area contributed by atoms with Crippen molar-refractivity contribution in [3.63, 3.8) is 0 Å². The zero-order chi connectivity index (χ0) is 16.7. The van der Waals surface area contributed by atoms with Crippen LogP contribution in [0.3, 0.4) is 0 Å². The number of non-ortho nitro benzene ring substituents is 1. The van der Waals surface area contributed by atoms with Crippen LogP contribution in [0.1, 0.15) is 19.3 Å². The number of nitro groups is 1. The standard InChI is InChI=1S/C17H15ClN2O4/c18-12-5-7(20(23)24)1-4-13(12)19-16(21)14-8-2-3-9(11-6-10(8)11)15(14)17(19)22/h1,4-5,8-11,14-15H,2-3,6H2/t8-,9+,10-,11+,14-,15+. The Bertz CT molecular complexity index is 776. The minimum absolute atomic E-state index is 0.0713. The van der Waals surface area contributed by atoms with Crippen molar-refractivity contribution >= 4 is 34.8 Å². The molecule has 1 aliphatic heterocycles. The fraction of sp³-hybridized carbons (Fsp3) is 0.529. The highest BCUT2D eigenvalue weighted by atomic mass is 35.5. The maximum atomic E-state index is 13.0. The zero-order valence-corrected chi connectivity index (χ0v) is 13.5. The third-order valence-corrected chi connectivity index (χ3v) is 6.83. The predicted molar refractivity (Wildman–Crippen MR) is 85.4 cm³/mol. The molecule has 2 amide bonds. The number of anilines is 1. The third kappa shape index (κ3) is 1.67. The Morgan fingerprint density at radius 2 is 1.62 bits per heavy atom. The summed E-state index contributed by atoms with van der Waals surface area (Å²) < 4.78 is 0. The fourth-order valence-electron chi connectivity index (χ4n) is 5.57. The first-order chi connectivity index (χ1) is 11.5. The van der Waals surface area contributed by atoms with Gasteiger partial charge in [0, 0.05) is 12.1 Å².